The van der Waals surface area contributed by atoms with E-state index in [4.69, 9.17) is 5.11 Å². The van der Waals surface area contributed by atoms with Gasteiger partial charge in [-0.15, -0.1) is 0 Å². The minimum absolute atomic E-state index is 0.625. The molecule has 0 amide bonds. The number of aliphatic hydroxyl groups excluding tert-OH is 2. The van der Waals surface area contributed by atoms with Crippen LogP contribution in [0.3, 0.4) is 0 Å². The zero-order valence-corrected chi connectivity index (χ0v) is 10.1. The topological polar surface area (TPSA) is 40.5 Å². The zero-order chi connectivity index (χ0) is 12.8. The number of aliphatic hydroxyl groups is 2. The molecule has 18 heavy (non-hydrogen) atoms. The highest BCUT2D eigenvalue weighted by atomic mass is 16.3. The molecule has 2 nitrogen and oxygen atoms in total. The van der Waals surface area contributed by atoms with E-state index in [1.54, 1.807) is 12.1 Å². The van der Waals surface area contributed by atoms with Crippen molar-refractivity contribution in [3.05, 3.63) is 59.2 Å². The normalized spacial score (nSPS) is 16.2. The summed E-state index contributed by atoms with van der Waals surface area (Å²) in [5, 5.41) is 18.9. The van der Waals surface area contributed by atoms with E-state index in [0.717, 1.165) is 30.4 Å². The molecule has 0 radical (unpaired) electrons. The van der Waals surface area contributed by atoms with Gasteiger partial charge in [0.05, 0.1) is 0 Å². The van der Waals surface area contributed by atoms with Gasteiger partial charge in [0.25, 0.3) is 0 Å². The Hall–Kier alpha value is -1.98. The summed E-state index contributed by atoms with van der Waals surface area (Å²) in [4.78, 5) is 0. The van der Waals surface area contributed by atoms with Crippen LogP contribution in [0, 0.1) is 12.0 Å². The predicted octanol–water partition coefficient (Wildman–Crippen LogP) is 3.07. The molecule has 0 saturated heterocycles. The average molecular weight is 240 g/mol. The van der Waals surface area contributed by atoms with Crippen LogP contribution in [-0.2, 0) is 0 Å². The van der Waals surface area contributed by atoms with Gasteiger partial charge in [-0.1, -0.05) is 30.4 Å². The van der Waals surface area contributed by atoms with Crippen LogP contribution in [0.4, 0.5) is 0 Å². The molecule has 1 aromatic rings. The average Bonchev–Trinajstić information content (AvgIpc) is 2.67. The maximum absolute atomic E-state index is 10.3. The van der Waals surface area contributed by atoms with E-state index < -0.39 is 6.10 Å². The third-order valence-electron chi connectivity index (χ3n) is 2.98. The Labute approximate surface area is 107 Å². The lowest BCUT2D eigenvalue weighted by molar-refractivity contribution is 0.219. The first kappa shape index (κ1) is 12.5. The van der Waals surface area contributed by atoms with E-state index in [1.165, 1.54) is 0 Å². The predicted molar refractivity (Wildman–Crippen MR) is 71.3 cm³/mol. The van der Waals surface area contributed by atoms with E-state index in [-0.39, 0.29) is 0 Å². The lowest BCUT2D eigenvalue weighted by Gasteiger charge is -2.12. The maximum atomic E-state index is 10.3. The first-order chi connectivity index (χ1) is 8.81. The van der Waals surface area contributed by atoms with Crippen molar-refractivity contribution >= 4 is 0 Å². The van der Waals surface area contributed by atoms with Gasteiger partial charge in [0, 0.05) is 5.56 Å². The molecule has 0 fully saturated rings. The molecule has 1 aliphatic carbocycles. The Morgan fingerprint density at radius 1 is 1.22 bits per heavy atom. The SMILES string of the molecule is OC#Cc1cccc(C(O)C2=CCCCC=C2)c1. The summed E-state index contributed by atoms with van der Waals surface area (Å²) < 4.78 is 0. The molecule has 0 heterocycles. The van der Waals surface area contributed by atoms with Gasteiger partial charge in [0.1, 0.15) is 12.2 Å². The van der Waals surface area contributed by atoms with E-state index >= 15 is 0 Å². The molecule has 0 saturated carbocycles. The molecule has 92 valence electrons. The molecule has 2 N–H and O–H groups in total. The summed E-state index contributed by atoms with van der Waals surface area (Å²) >= 11 is 0. The molecule has 1 aliphatic rings. The molecule has 0 spiro atoms. The first-order valence-electron chi connectivity index (χ1n) is 6.11. The molecule has 0 aromatic heterocycles. The van der Waals surface area contributed by atoms with Crippen LogP contribution < -0.4 is 0 Å². The Balaban J connectivity index is 2.26. The van der Waals surface area contributed by atoms with E-state index in [1.807, 2.05) is 24.3 Å². The van der Waals surface area contributed by atoms with Crippen molar-refractivity contribution in [2.45, 2.75) is 25.4 Å². The lowest BCUT2D eigenvalue weighted by atomic mass is 9.99. The van der Waals surface area contributed by atoms with Crippen LogP contribution in [0.25, 0.3) is 0 Å². The molecule has 1 unspecified atom stereocenters. The molecule has 1 atom stereocenters. The minimum atomic E-state index is -0.625. The van der Waals surface area contributed by atoms with Gasteiger partial charge in [-0.25, -0.2) is 0 Å². The van der Waals surface area contributed by atoms with Crippen molar-refractivity contribution in [3.8, 4) is 12.0 Å². The van der Waals surface area contributed by atoms with Gasteiger partial charge in [0.15, 0.2) is 0 Å². The quantitative estimate of drug-likeness (QED) is 0.780. The van der Waals surface area contributed by atoms with E-state index in [9.17, 15) is 5.11 Å². The van der Waals surface area contributed by atoms with E-state index in [0.29, 0.717) is 5.56 Å². The van der Waals surface area contributed by atoms with Crippen molar-refractivity contribution in [1.29, 1.82) is 0 Å². The highest BCUT2D eigenvalue weighted by Crippen LogP contribution is 2.25. The van der Waals surface area contributed by atoms with E-state index in [2.05, 4.69) is 18.1 Å². The lowest BCUT2D eigenvalue weighted by Crippen LogP contribution is -2.00. The minimum Gasteiger partial charge on any atom is -0.462 e. The largest absolute Gasteiger partial charge is 0.462 e. The van der Waals surface area contributed by atoms with Gasteiger partial charge < -0.3 is 10.2 Å². The number of rotatable bonds is 2. The van der Waals surface area contributed by atoms with Crippen LogP contribution in [-0.4, -0.2) is 10.2 Å². The van der Waals surface area contributed by atoms with Crippen LogP contribution in [0.5, 0.6) is 0 Å². The van der Waals surface area contributed by atoms with Gasteiger partial charge >= 0.3 is 0 Å². The third-order valence-corrected chi connectivity index (χ3v) is 2.98. The molecular weight excluding hydrogens is 224 g/mol. The molecule has 2 heteroatoms. The zero-order valence-electron chi connectivity index (χ0n) is 10.1. The molecular formula is C16H16O2. The summed E-state index contributed by atoms with van der Waals surface area (Å²) in [6.45, 7) is 0. The van der Waals surface area contributed by atoms with Crippen LogP contribution in [0.2, 0.25) is 0 Å². The summed E-state index contributed by atoms with van der Waals surface area (Å²) in [5.41, 5.74) is 2.43. The van der Waals surface area contributed by atoms with Gasteiger partial charge in [-0.3, -0.25) is 0 Å². The maximum Gasteiger partial charge on any atom is 0.113 e. The Bertz CT molecular complexity index is 530. The first-order valence-corrected chi connectivity index (χ1v) is 6.11. The summed E-state index contributed by atoms with van der Waals surface area (Å²) in [6, 6.07) is 7.30. The number of benzene rings is 1. The van der Waals surface area contributed by atoms with Gasteiger partial charge in [-0.05, 0) is 48.5 Å². The van der Waals surface area contributed by atoms with Crippen LogP contribution in [0.1, 0.15) is 36.5 Å². The number of hydrogen-bond acceptors (Lipinski definition) is 2. The van der Waals surface area contributed by atoms with Crippen LogP contribution in [0.15, 0.2) is 48.1 Å². The summed E-state index contributed by atoms with van der Waals surface area (Å²) in [7, 11) is 0. The second-order valence-electron chi connectivity index (χ2n) is 4.30. The van der Waals surface area contributed by atoms with Gasteiger partial charge in [0.2, 0.25) is 0 Å². The molecule has 0 bridgehead atoms. The van der Waals surface area contributed by atoms with Crippen molar-refractivity contribution < 1.29 is 10.2 Å². The van der Waals surface area contributed by atoms with Crippen molar-refractivity contribution in [2.24, 2.45) is 0 Å². The van der Waals surface area contributed by atoms with Crippen molar-refractivity contribution in [2.75, 3.05) is 0 Å². The second-order valence-corrected chi connectivity index (χ2v) is 4.30. The smallest absolute Gasteiger partial charge is 0.113 e. The molecule has 0 aliphatic heterocycles. The fraction of sp³-hybridized carbons (Fsp3) is 0.250. The fourth-order valence-electron chi connectivity index (χ4n) is 2.04. The monoisotopic (exact) mass is 240 g/mol. The Morgan fingerprint density at radius 2 is 2.11 bits per heavy atom. The van der Waals surface area contributed by atoms with Crippen molar-refractivity contribution in [1.82, 2.24) is 0 Å². The summed E-state index contributed by atoms with van der Waals surface area (Å²) in [6.07, 6.45) is 10.6. The molecule has 1 aromatic carbocycles. The standard InChI is InChI=1S/C16H16O2/c17-11-10-13-6-5-9-15(12-13)16(18)14-7-3-1-2-4-8-14/h3,5-9,12,16-18H,1-2,4H2. The number of allylic oxidation sites excluding steroid dienone is 2. The Morgan fingerprint density at radius 3 is 2.94 bits per heavy atom. The van der Waals surface area contributed by atoms with Crippen LogP contribution >= 0.6 is 0 Å². The second kappa shape index (κ2) is 6.09. The highest BCUT2D eigenvalue weighted by molar-refractivity contribution is 5.40. The summed E-state index contributed by atoms with van der Waals surface area (Å²) in [5.74, 6) is 2.58. The van der Waals surface area contributed by atoms with Crippen molar-refractivity contribution in [3.63, 3.8) is 0 Å². The highest BCUT2D eigenvalue weighted by Gasteiger charge is 2.12. The fourth-order valence-corrected chi connectivity index (χ4v) is 2.04. The molecule has 2 rings (SSSR count). The Kier molecular flexibility index (Phi) is 4.22. The van der Waals surface area contributed by atoms with Gasteiger partial charge in [-0.2, -0.15) is 0 Å². The number of hydrogen-bond donors (Lipinski definition) is 2. The third kappa shape index (κ3) is 3.03.